The average Bonchev–Trinajstić information content (AvgIpc) is 2.29. The molecular formula is C9H6F3N3O2S. The molecule has 0 aliphatic carbocycles. The topological polar surface area (TPSA) is 82.9 Å². The first-order chi connectivity index (χ1) is 8.28. The van der Waals surface area contributed by atoms with Crippen molar-refractivity contribution < 1.29 is 26.4 Å². The van der Waals surface area contributed by atoms with Gasteiger partial charge in [-0.05, 0) is 12.1 Å². The molecule has 9 heteroatoms. The first-order valence-corrected chi connectivity index (χ1v) is 5.86. The number of alkyl halides is 3. The van der Waals surface area contributed by atoms with Gasteiger partial charge in [0.1, 0.15) is 6.21 Å². The third kappa shape index (κ3) is 3.25. The Kier molecular flexibility index (Phi) is 4.00. The second kappa shape index (κ2) is 5.11. The summed E-state index contributed by atoms with van der Waals surface area (Å²) in [5.74, 6) is 0. The monoisotopic (exact) mass is 277 g/mol. The fourth-order valence-corrected chi connectivity index (χ4v) is 1.30. The lowest BCUT2D eigenvalue weighted by Crippen LogP contribution is -2.21. The minimum Gasteiger partial charge on any atom is -0.361 e. The molecule has 0 atom stereocenters. The summed E-state index contributed by atoms with van der Waals surface area (Å²) in [6.07, 6.45) is 0.332. The van der Waals surface area contributed by atoms with E-state index in [1.54, 1.807) is 6.07 Å². The van der Waals surface area contributed by atoms with Crippen molar-refractivity contribution in [3.63, 3.8) is 0 Å². The van der Waals surface area contributed by atoms with Crippen LogP contribution >= 0.6 is 0 Å². The molecule has 0 spiro atoms. The second-order valence-electron chi connectivity index (χ2n) is 3.01. The molecule has 0 unspecified atom stereocenters. The molecule has 0 saturated heterocycles. The highest BCUT2D eigenvalue weighted by atomic mass is 32.2. The van der Waals surface area contributed by atoms with Gasteiger partial charge in [0.05, 0.1) is 5.56 Å². The molecule has 0 amide bonds. The molecule has 0 aromatic heterocycles. The first kappa shape index (κ1) is 14.1. The molecular weight excluding hydrogens is 271 g/mol. The smallest absolute Gasteiger partial charge is 0.361 e. The maximum absolute atomic E-state index is 12.0. The summed E-state index contributed by atoms with van der Waals surface area (Å²) in [6.45, 7) is 0. The number of hydrogen-bond acceptors (Lipinski definition) is 2. The quantitative estimate of drug-likeness (QED) is 0.478. The Morgan fingerprint density at radius 2 is 1.83 bits per heavy atom. The molecule has 0 N–H and O–H groups in total. The van der Waals surface area contributed by atoms with Gasteiger partial charge in [-0.2, -0.15) is 30.8 Å². The molecule has 0 aliphatic rings. The molecule has 0 fully saturated rings. The van der Waals surface area contributed by atoms with Crippen molar-refractivity contribution in [3.8, 4) is 0 Å². The molecule has 0 aliphatic heterocycles. The molecule has 1 aromatic carbocycles. The first-order valence-electron chi connectivity index (χ1n) is 4.42. The summed E-state index contributed by atoms with van der Waals surface area (Å²) in [6, 6.07) is 7.53. The maximum Gasteiger partial charge on any atom is 0.518 e. The molecule has 5 nitrogen and oxygen atoms in total. The minimum absolute atomic E-state index is 0.223. The second-order valence-corrected chi connectivity index (χ2v) is 4.63. The third-order valence-electron chi connectivity index (χ3n) is 1.78. The fourth-order valence-electron chi connectivity index (χ4n) is 0.946. The van der Waals surface area contributed by atoms with E-state index in [4.69, 9.17) is 5.53 Å². The molecule has 0 heterocycles. The van der Waals surface area contributed by atoms with Gasteiger partial charge >= 0.3 is 21.2 Å². The van der Waals surface area contributed by atoms with Crippen LogP contribution in [-0.2, 0) is 10.0 Å². The van der Waals surface area contributed by atoms with E-state index in [0.717, 1.165) is 0 Å². The van der Waals surface area contributed by atoms with Gasteiger partial charge < -0.3 is 5.53 Å². The van der Waals surface area contributed by atoms with Gasteiger partial charge in [0.15, 0.2) is 0 Å². The van der Waals surface area contributed by atoms with E-state index in [9.17, 15) is 21.6 Å². The number of nitrogens with zero attached hydrogens (tertiary/aromatic N) is 3. The summed E-state index contributed by atoms with van der Waals surface area (Å²) in [7, 11) is -5.63. The van der Waals surface area contributed by atoms with E-state index in [1.807, 2.05) is 0 Å². The summed E-state index contributed by atoms with van der Waals surface area (Å²) in [4.78, 5) is 2.68. The van der Waals surface area contributed by atoms with Crippen molar-refractivity contribution in [1.29, 1.82) is 0 Å². The van der Waals surface area contributed by atoms with Crippen LogP contribution in [0.1, 0.15) is 5.56 Å². The predicted molar refractivity (Wildman–Crippen MR) is 57.6 cm³/mol. The van der Waals surface area contributed by atoms with Crippen molar-refractivity contribution in [3.05, 3.63) is 41.4 Å². The lowest BCUT2D eigenvalue weighted by Gasteiger charge is -2.00. The number of hydrogen-bond donors (Lipinski definition) is 0. The minimum atomic E-state index is -5.63. The standard InChI is InChI=1S/C9H6F3N3O2S/c10-9(11,12)18(16,17)14-6-8(15-13)7-4-2-1-3-5-7/h1-6H/b14-6+. The maximum atomic E-state index is 12.0. The van der Waals surface area contributed by atoms with Crippen LogP contribution in [-0.4, -0.2) is 30.6 Å². The Bertz CT molecular complexity index is 602. The van der Waals surface area contributed by atoms with Crippen molar-refractivity contribution in [2.75, 3.05) is 0 Å². The molecule has 0 bridgehead atoms. The zero-order valence-corrected chi connectivity index (χ0v) is 9.48. The van der Waals surface area contributed by atoms with E-state index in [2.05, 4.69) is 9.19 Å². The summed E-state index contributed by atoms with van der Waals surface area (Å²) < 4.78 is 59.7. The summed E-state index contributed by atoms with van der Waals surface area (Å²) in [5.41, 5.74) is 2.94. The zero-order valence-electron chi connectivity index (χ0n) is 8.66. The van der Waals surface area contributed by atoms with Crippen LogP contribution in [0.15, 0.2) is 34.7 Å². The molecule has 0 radical (unpaired) electrons. The van der Waals surface area contributed by atoms with Crippen molar-refractivity contribution in [2.24, 2.45) is 4.40 Å². The van der Waals surface area contributed by atoms with Crippen LogP contribution in [0.5, 0.6) is 0 Å². The van der Waals surface area contributed by atoms with Crippen LogP contribution in [0.2, 0.25) is 0 Å². The summed E-state index contributed by atoms with van der Waals surface area (Å²) in [5, 5.41) is 0. The Labute approximate surface area is 100 Å². The fraction of sp³-hybridized carbons (Fsp3) is 0.111. The van der Waals surface area contributed by atoms with E-state index < -0.39 is 21.2 Å². The van der Waals surface area contributed by atoms with Crippen LogP contribution in [0.25, 0.3) is 5.53 Å². The summed E-state index contributed by atoms with van der Waals surface area (Å²) >= 11 is 0. The molecule has 18 heavy (non-hydrogen) atoms. The lowest BCUT2D eigenvalue weighted by atomic mass is 10.1. The van der Waals surface area contributed by atoms with Gasteiger partial charge in [0.2, 0.25) is 0 Å². The Balaban J connectivity index is 3.08. The van der Waals surface area contributed by atoms with E-state index in [1.165, 1.54) is 24.3 Å². The van der Waals surface area contributed by atoms with E-state index in [-0.39, 0.29) is 5.56 Å². The van der Waals surface area contributed by atoms with Gasteiger partial charge in [-0.15, -0.1) is 0 Å². The zero-order chi connectivity index (χ0) is 13.8. The lowest BCUT2D eigenvalue weighted by molar-refractivity contribution is -0.0435. The Hall–Kier alpha value is -1.99. The normalized spacial score (nSPS) is 12.4. The number of sulfonamides is 1. The van der Waals surface area contributed by atoms with Crippen LogP contribution in [0, 0.1) is 0 Å². The Morgan fingerprint density at radius 1 is 1.28 bits per heavy atom. The van der Waals surface area contributed by atoms with Crippen molar-refractivity contribution >= 4 is 21.9 Å². The largest absolute Gasteiger partial charge is 0.518 e. The van der Waals surface area contributed by atoms with Gasteiger partial charge in [0, 0.05) is 0 Å². The molecule has 1 aromatic rings. The SMILES string of the molecule is [N-]=[N+]=C(/C=N/S(=O)(=O)C(F)(F)F)c1ccccc1. The van der Waals surface area contributed by atoms with Gasteiger partial charge in [-0.3, -0.25) is 0 Å². The highest BCUT2D eigenvalue weighted by molar-refractivity contribution is 7.91. The molecule has 1 rings (SSSR count). The highest BCUT2D eigenvalue weighted by Gasteiger charge is 2.45. The van der Waals surface area contributed by atoms with E-state index in [0.29, 0.717) is 6.21 Å². The number of benzene rings is 1. The van der Waals surface area contributed by atoms with Crippen LogP contribution in [0.3, 0.4) is 0 Å². The Morgan fingerprint density at radius 3 is 2.28 bits per heavy atom. The number of halogens is 3. The van der Waals surface area contributed by atoms with Crippen LogP contribution in [0.4, 0.5) is 13.2 Å². The van der Waals surface area contributed by atoms with Crippen LogP contribution < -0.4 is 0 Å². The third-order valence-corrected chi connectivity index (χ3v) is 2.75. The molecule has 96 valence electrons. The number of rotatable bonds is 3. The average molecular weight is 277 g/mol. The van der Waals surface area contributed by atoms with E-state index >= 15 is 0 Å². The predicted octanol–water partition coefficient (Wildman–Crippen LogP) is 1.63. The van der Waals surface area contributed by atoms with Gasteiger partial charge in [0.25, 0.3) is 0 Å². The van der Waals surface area contributed by atoms with Gasteiger partial charge in [-0.1, -0.05) is 18.2 Å². The van der Waals surface area contributed by atoms with Crippen molar-refractivity contribution in [2.45, 2.75) is 5.51 Å². The van der Waals surface area contributed by atoms with Gasteiger partial charge in [-0.25, -0.2) is 0 Å². The van der Waals surface area contributed by atoms with Crippen molar-refractivity contribution in [1.82, 2.24) is 0 Å². The highest BCUT2D eigenvalue weighted by Crippen LogP contribution is 2.24. The molecule has 0 saturated carbocycles.